The predicted molar refractivity (Wildman–Crippen MR) is 49.8 cm³/mol. The fourth-order valence-electron chi connectivity index (χ4n) is 0.684. The molecule has 1 aromatic rings. The molecule has 0 fully saturated rings. The SMILES string of the molecule is Cc1cc(C(=O)NC#N)sc1Br. The van der Waals surface area contributed by atoms with Crippen molar-refractivity contribution in [3.63, 3.8) is 0 Å². The maximum Gasteiger partial charge on any atom is 0.274 e. The zero-order chi connectivity index (χ0) is 9.14. The van der Waals surface area contributed by atoms with E-state index in [1.54, 1.807) is 12.3 Å². The van der Waals surface area contributed by atoms with Crippen molar-refractivity contribution in [2.24, 2.45) is 0 Å². The molecule has 0 unspecified atom stereocenters. The van der Waals surface area contributed by atoms with Gasteiger partial charge in [-0.2, -0.15) is 5.26 Å². The number of carbonyl (C=O) groups is 1. The molecular formula is C7H5BrN2OS. The van der Waals surface area contributed by atoms with Gasteiger partial charge in [-0.05, 0) is 34.5 Å². The number of hydrogen-bond acceptors (Lipinski definition) is 3. The fraction of sp³-hybridized carbons (Fsp3) is 0.143. The summed E-state index contributed by atoms with van der Waals surface area (Å²) < 4.78 is 0.922. The van der Waals surface area contributed by atoms with Crippen molar-refractivity contribution in [1.82, 2.24) is 5.32 Å². The van der Waals surface area contributed by atoms with Gasteiger partial charge in [0.1, 0.15) is 0 Å². The minimum absolute atomic E-state index is 0.351. The van der Waals surface area contributed by atoms with Crippen molar-refractivity contribution in [2.45, 2.75) is 6.92 Å². The van der Waals surface area contributed by atoms with E-state index in [1.165, 1.54) is 11.3 Å². The van der Waals surface area contributed by atoms with Crippen molar-refractivity contribution in [2.75, 3.05) is 0 Å². The molecule has 1 aromatic heterocycles. The van der Waals surface area contributed by atoms with Gasteiger partial charge in [0, 0.05) is 0 Å². The summed E-state index contributed by atoms with van der Waals surface area (Å²) in [6.45, 7) is 1.89. The van der Waals surface area contributed by atoms with E-state index in [1.807, 2.05) is 6.92 Å². The molecule has 0 bridgehead atoms. The van der Waals surface area contributed by atoms with Crippen LogP contribution in [0.3, 0.4) is 0 Å². The molecule has 0 aliphatic carbocycles. The summed E-state index contributed by atoms with van der Waals surface area (Å²) >= 11 is 4.61. The number of nitrogens with one attached hydrogen (secondary N) is 1. The lowest BCUT2D eigenvalue weighted by atomic mass is 10.3. The van der Waals surface area contributed by atoms with Gasteiger partial charge in [-0.3, -0.25) is 10.1 Å². The van der Waals surface area contributed by atoms with Gasteiger partial charge in [0.15, 0.2) is 6.19 Å². The van der Waals surface area contributed by atoms with E-state index in [4.69, 9.17) is 5.26 Å². The first-order valence-electron chi connectivity index (χ1n) is 3.10. The highest BCUT2D eigenvalue weighted by Crippen LogP contribution is 2.26. The molecule has 0 spiro atoms. The molecule has 0 saturated carbocycles. The molecule has 62 valence electrons. The highest BCUT2D eigenvalue weighted by molar-refractivity contribution is 9.11. The number of halogens is 1. The highest BCUT2D eigenvalue weighted by atomic mass is 79.9. The smallest absolute Gasteiger partial charge is 0.267 e. The van der Waals surface area contributed by atoms with E-state index in [9.17, 15) is 4.79 Å². The van der Waals surface area contributed by atoms with Gasteiger partial charge in [-0.1, -0.05) is 0 Å². The van der Waals surface area contributed by atoms with Crippen LogP contribution < -0.4 is 5.32 Å². The Morgan fingerprint density at radius 3 is 2.92 bits per heavy atom. The lowest BCUT2D eigenvalue weighted by Gasteiger charge is -1.88. The van der Waals surface area contributed by atoms with Crippen LogP contribution in [0.2, 0.25) is 0 Å². The molecule has 5 heteroatoms. The standard InChI is InChI=1S/C7H5BrN2OS/c1-4-2-5(12-6(4)8)7(11)10-3-9/h2H,1H3,(H,10,11). The zero-order valence-corrected chi connectivity index (χ0v) is 8.62. The summed E-state index contributed by atoms with van der Waals surface area (Å²) in [7, 11) is 0. The van der Waals surface area contributed by atoms with Gasteiger partial charge < -0.3 is 0 Å². The number of carbonyl (C=O) groups excluding carboxylic acids is 1. The number of rotatable bonds is 1. The van der Waals surface area contributed by atoms with Crippen molar-refractivity contribution < 1.29 is 4.79 Å². The van der Waals surface area contributed by atoms with Crippen LogP contribution in [-0.4, -0.2) is 5.91 Å². The summed E-state index contributed by atoms with van der Waals surface area (Å²) in [6.07, 6.45) is 1.59. The molecule has 0 aliphatic rings. The Bertz CT molecular complexity index is 333. The van der Waals surface area contributed by atoms with Gasteiger partial charge in [0.2, 0.25) is 0 Å². The summed E-state index contributed by atoms with van der Waals surface area (Å²) in [4.78, 5) is 11.6. The molecule has 1 heterocycles. The second-order valence-electron chi connectivity index (χ2n) is 2.13. The van der Waals surface area contributed by atoms with Crippen molar-refractivity contribution in [3.8, 4) is 6.19 Å². The molecule has 1 rings (SSSR count). The number of aryl methyl sites for hydroxylation is 1. The zero-order valence-electron chi connectivity index (χ0n) is 6.22. The molecule has 0 aliphatic heterocycles. The summed E-state index contributed by atoms with van der Waals surface area (Å²) in [5, 5.41) is 10.2. The molecular weight excluding hydrogens is 240 g/mol. The first-order chi connectivity index (χ1) is 5.65. The predicted octanol–water partition coefficient (Wildman–Crippen LogP) is 2.03. The largest absolute Gasteiger partial charge is 0.274 e. The third-order valence-electron chi connectivity index (χ3n) is 1.25. The molecule has 0 saturated heterocycles. The Labute approximate surface area is 82.1 Å². The lowest BCUT2D eigenvalue weighted by molar-refractivity contribution is 0.0977. The van der Waals surface area contributed by atoms with Gasteiger partial charge in [-0.15, -0.1) is 11.3 Å². The van der Waals surface area contributed by atoms with E-state index in [0.717, 1.165) is 9.35 Å². The lowest BCUT2D eigenvalue weighted by Crippen LogP contribution is -2.15. The monoisotopic (exact) mass is 244 g/mol. The van der Waals surface area contributed by atoms with Crippen molar-refractivity contribution in [1.29, 1.82) is 5.26 Å². The van der Waals surface area contributed by atoms with E-state index in [-0.39, 0.29) is 5.91 Å². The summed E-state index contributed by atoms with van der Waals surface area (Å²) in [5.74, 6) is -0.351. The second-order valence-corrected chi connectivity index (χ2v) is 4.50. The van der Waals surface area contributed by atoms with Crippen LogP contribution in [-0.2, 0) is 0 Å². The van der Waals surface area contributed by atoms with E-state index >= 15 is 0 Å². The normalized spacial score (nSPS) is 9.08. The Morgan fingerprint density at radius 1 is 1.83 bits per heavy atom. The first kappa shape index (κ1) is 9.23. The third-order valence-corrected chi connectivity index (χ3v) is 3.39. The molecule has 1 amide bonds. The van der Waals surface area contributed by atoms with Crippen molar-refractivity contribution >= 4 is 33.2 Å². The van der Waals surface area contributed by atoms with Crippen LogP contribution in [0.5, 0.6) is 0 Å². The van der Waals surface area contributed by atoms with E-state index < -0.39 is 0 Å². The van der Waals surface area contributed by atoms with Crippen LogP contribution in [0, 0.1) is 18.4 Å². The fourth-order valence-corrected chi connectivity index (χ4v) is 2.11. The Hall–Kier alpha value is -0.860. The number of amides is 1. The highest BCUT2D eigenvalue weighted by Gasteiger charge is 2.09. The van der Waals surface area contributed by atoms with Crippen LogP contribution in [0.15, 0.2) is 9.85 Å². The van der Waals surface area contributed by atoms with Gasteiger partial charge in [0.25, 0.3) is 5.91 Å². The second kappa shape index (κ2) is 3.70. The minimum atomic E-state index is -0.351. The molecule has 1 N–H and O–H groups in total. The van der Waals surface area contributed by atoms with E-state index in [0.29, 0.717) is 4.88 Å². The van der Waals surface area contributed by atoms with Crippen LogP contribution in [0.4, 0.5) is 0 Å². The molecule has 12 heavy (non-hydrogen) atoms. The number of hydrogen-bond donors (Lipinski definition) is 1. The Morgan fingerprint density at radius 2 is 2.50 bits per heavy atom. The first-order valence-corrected chi connectivity index (χ1v) is 4.71. The van der Waals surface area contributed by atoms with Crippen LogP contribution >= 0.6 is 27.3 Å². The molecule has 0 aromatic carbocycles. The molecule has 0 radical (unpaired) electrons. The topological polar surface area (TPSA) is 52.9 Å². The van der Waals surface area contributed by atoms with Crippen LogP contribution in [0.25, 0.3) is 0 Å². The van der Waals surface area contributed by atoms with Crippen molar-refractivity contribution in [3.05, 3.63) is 20.3 Å². The average molecular weight is 245 g/mol. The van der Waals surface area contributed by atoms with Gasteiger partial charge in [0.05, 0.1) is 8.66 Å². The minimum Gasteiger partial charge on any atom is -0.267 e. The Balaban J connectivity index is 2.91. The maximum atomic E-state index is 11.1. The quantitative estimate of drug-likeness (QED) is 0.608. The maximum absolute atomic E-state index is 11.1. The Kier molecular flexibility index (Phi) is 2.84. The summed E-state index contributed by atoms with van der Waals surface area (Å²) in [6, 6.07) is 1.74. The van der Waals surface area contributed by atoms with E-state index in [2.05, 4.69) is 21.2 Å². The third kappa shape index (κ3) is 1.84. The molecule has 3 nitrogen and oxygen atoms in total. The number of thiophene rings is 1. The number of nitrogens with zero attached hydrogens (tertiary/aromatic N) is 1. The average Bonchev–Trinajstić information content (AvgIpc) is 2.33. The van der Waals surface area contributed by atoms with Gasteiger partial charge in [-0.25, -0.2) is 0 Å². The van der Waals surface area contributed by atoms with Crippen LogP contribution in [0.1, 0.15) is 15.2 Å². The molecule has 0 atom stereocenters. The number of nitriles is 1. The summed E-state index contributed by atoms with van der Waals surface area (Å²) in [5.41, 5.74) is 1.00. The van der Waals surface area contributed by atoms with Gasteiger partial charge >= 0.3 is 0 Å².